The first-order valence-corrected chi connectivity index (χ1v) is 11.9. The van der Waals surface area contributed by atoms with E-state index in [2.05, 4.69) is 25.8 Å². The molecule has 0 radical (unpaired) electrons. The van der Waals surface area contributed by atoms with Gasteiger partial charge in [0.1, 0.15) is 11.9 Å². The third-order valence-electron chi connectivity index (χ3n) is 6.36. The van der Waals surface area contributed by atoms with E-state index in [4.69, 9.17) is 14.5 Å². The van der Waals surface area contributed by atoms with Gasteiger partial charge in [0.05, 0.1) is 29.8 Å². The highest BCUT2D eigenvalue weighted by molar-refractivity contribution is 9.10. The van der Waals surface area contributed by atoms with Gasteiger partial charge in [0.25, 0.3) is 0 Å². The number of carbonyl (C=O) groups is 1. The first kappa shape index (κ1) is 21.1. The minimum atomic E-state index is -0.429. The minimum absolute atomic E-state index is 0.0254. The van der Waals surface area contributed by atoms with Gasteiger partial charge in [-0.2, -0.15) is 0 Å². The molecule has 1 aromatic heterocycles. The largest absolute Gasteiger partial charge is 0.496 e. The molecule has 0 spiro atoms. The van der Waals surface area contributed by atoms with E-state index in [-0.39, 0.29) is 12.1 Å². The number of methoxy groups -OCH3 is 1. The minimum Gasteiger partial charge on any atom is -0.496 e. The molecule has 0 unspecified atom stereocenters. The van der Waals surface area contributed by atoms with Crippen LogP contribution in [0.3, 0.4) is 0 Å². The molecule has 2 aromatic carbocycles. The third kappa shape index (κ3) is 3.68. The first-order chi connectivity index (χ1) is 15.6. The normalized spacial score (nSPS) is 18.9. The predicted octanol–water partition coefficient (Wildman–Crippen LogP) is 5.97. The van der Waals surface area contributed by atoms with E-state index in [9.17, 15) is 4.79 Å². The van der Waals surface area contributed by atoms with E-state index in [1.807, 2.05) is 49.4 Å². The lowest BCUT2D eigenvalue weighted by Crippen LogP contribution is -2.31. The van der Waals surface area contributed by atoms with Crippen molar-refractivity contribution in [3.63, 3.8) is 0 Å². The van der Waals surface area contributed by atoms with Crippen molar-refractivity contribution >= 4 is 38.9 Å². The molecule has 0 saturated heterocycles. The zero-order valence-electron chi connectivity index (χ0n) is 18.2. The van der Waals surface area contributed by atoms with Crippen LogP contribution in [0.15, 0.2) is 58.2 Å². The summed E-state index contributed by atoms with van der Waals surface area (Å²) >= 11 is 3.60. The van der Waals surface area contributed by atoms with Crippen LogP contribution in [0.25, 0.3) is 11.0 Å². The molecule has 2 heterocycles. The van der Waals surface area contributed by atoms with Gasteiger partial charge in [0.15, 0.2) is 0 Å². The maximum absolute atomic E-state index is 13.6. The Morgan fingerprint density at radius 3 is 2.72 bits per heavy atom. The number of fused-ring (bicyclic) bond motifs is 3. The molecule has 5 rings (SSSR count). The number of ether oxygens (including phenoxy) is 2. The summed E-state index contributed by atoms with van der Waals surface area (Å²) in [5.41, 5.74) is 4.02. The number of anilines is 1. The van der Waals surface area contributed by atoms with Gasteiger partial charge in [-0.1, -0.05) is 34.5 Å². The van der Waals surface area contributed by atoms with Gasteiger partial charge in [0, 0.05) is 15.7 Å². The van der Waals surface area contributed by atoms with Crippen LogP contribution in [0.4, 0.5) is 5.95 Å². The van der Waals surface area contributed by atoms with Gasteiger partial charge >= 0.3 is 5.97 Å². The summed E-state index contributed by atoms with van der Waals surface area (Å²) in [5.74, 6) is 1.13. The average Bonchev–Trinajstić information content (AvgIpc) is 3.16. The molecule has 1 N–H and O–H groups in total. The second-order valence-electron chi connectivity index (χ2n) is 8.41. The lowest BCUT2D eigenvalue weighted by molar-refractivity contribution is -0.146. The molecule has 2 aliphatic rings. The molecule has 1 saturated carbocycles. The number of allylic oxidation sites excluding steroid dienone is 1. The Morgan fingerprint density at radius 2 is 1.94 bits per heavy atom. The van der Waals surface area contributed by atoms with Crippen LogP contribution in [0.1, 0.15) is 50.6 Å². The second kappa shape index (κ2) is 8.62. The van der Waals surface area contributed by atoms with Crippen molar-refractivity contribution in [2.45, 2.75) is 51.2 Å². The number of esters is 1. The molecule has 1 aliphatic heterocycles. The quantitative estimate of drug-likeness (QED) is 0.451. The Balaban J connectivity index is 1.67. The van der Waals surface area contributed by atoms with Crippen molar-refractivity contribution in [1.82, 2.24) is 9.55 Å². The van der Waals surface area contributed by atoms with Gasteiger partial charge in [-0.3, -0.25) is 4.57 Å². The Labute approximate surface area is 195 Å². The van der Waals surface area contributed by atoms with Crippen molar-refractivity contribution < 1.29 is 14.3 Å². The molecule has 1 aliphatic carbocycles. The van der Waals surface area contributed by atoms with Gasteiger partial charge < -0.3 is 14.8 Å². The molecule has 1 fully saturated rings. The summed E-state index contributed by atoms with van der Waals surface area (Å²) in [6.07, 6.45) is 5.24. The molecule has 1 atom stereocenters. The molecule has 3 aromatic rings. The molecule has 0 bridgehead atoms. The fraction of sp³-hybridized carbons (Fsp3) is 0.360. The highest BCUT2D eigenvalue weighted by Gasteiger charge is 2.37. The number of imidazole rings is 1. The second-order valence-corrected chi connectivity index (χ2v) is 9.33. The van der Waals surface area contributed by atoms with Crippen LogP contribution in [0, 0.1) is 0 Å². The van der Waals surface area contributed by atoms with E-state index >= 15 is 0 Å². The molecular weight excluding hydrogens is 470 g/mol. The van der Waals surface area contributed by atoms with Crippen LogP contribution < -0.4 is 10.1 Å². The number of rotatable bonds is 4. The maximum atomic E-state index is 13.6. The third-order valence-corrected chi connectivity index (χ3v) is 6.86. The monoisotopic (exact) mass is 495 g/mol. The fourth-order valence-corrected chi connectivity index (χ4v) is 5.22. The summed E-state index contributed by atoms with van der Waals surface area (Å²) in [4.78, 5) is 18.4. The van der Waals surface area contributed by atoms with E-state index in [1.54, 1.807) is 7.11 Å². The number of halogens is 1. The zero-order chi connectivity index (χ0) is 22.2. The van der Waals surface area contributed by atoms with E-state index in [0.717, 1.165) is 52.4 Å². The Hall–Kier alpha value is -2.80. The lowest BCUT2D eigenvalue weighted by Gasteiger charge is -2.32. The van der Waals surface area contributed by atoms with Crippen molar-refractivity contribution in [3.05, 3.63) is 63.8 Å². The molecule has 0 amide bonds. The van der Waals surface area contributed by atoms with Crippen LogP contribution >= 0.6 is 15.9 Å². The Morgan fingerprint density at radius 1 is 1.16 bits per heavy atom. The van der Waals surface area contributed by atoms with Crippen molar-refractivity contribution in [1.29, 1.82) is 0 Å². The average molecular weight is 496 g/mol. The fourth-order valence-electron chi connectivity index (χ4n) is 4.84. The summed E-state index contributed by atoms with van der Waals surface area (Å²) in [6, 6.07) is 13.4. The topological polar surface area (TPSA) is 65.4 Å². The molecule has 166 valence electrons. The molecule has 6 nitrogen and oxygen atoms in total. The summed E-state index contributed by atoms with van der Waals surface area (Å²) in [6.45, 7) is 1.91. The SMILES string of the molecule is COc1ccc(Br)cc1[C@H]1C(C(=O)OC2CCCCC2)=C(C)Nc2nc3ccccc3n21. The summed E-state index contributed by atoms with van der Waals surface area (Å²) in [7, 11) is 1.65. The van der Waals surface area contributed by atoms with Crippen LogP contribution in [0.2, 0.25) is 0 Å². The first-order valence-electron chi connectivity index (χ1n) is 11.1. The van der Waals surface area contributed by atoms with Crippen molar-refractivity contribution in [3.8, 4) is 5.75 Å². The number of carbonyl (C=O) groups excluding carboxylic acids is 1. The Kier molecular flexibility index (Phi) is 5.67. The molecular formula is C25H26BrN3O3. The number of hydrogen-bond donors (Lipinski definition) is 1. The van der Waals surface area contributed by atoms with Gasteiger partial charge in [0.2, 0.25) is 5.95 Å². The zero-order valence-corrected chi connectivity index (χ0v) is 19.8. The smallest absolute Gasteiger partial charge is 0.338 e. The maximum Gasteiger partial charge on any atom is 0.338 e. The number of benzene rings is 2. The van der Waals surface area contributed by atoms with Gasteiger partial charge in [-0.25, -0.2) is 9.78 Å². The standard InChI is InChI=1S/C25H26BrN3O3/c1-15-22(24(30)32-17-8-4-3-5-9-17)23(18-14-16(26)12-13-21(18)31-2)29-20-11-7-6-10-19(20)28-25(29)27-15/h6-7,10-14,17,23H,3-5,8-9H2,1-2H3,(H,27,28)/t23-/m0/s1. The summed E-state index contributed by atoms with van der Waals surface area (Å²) in [5, 5.41) is 3.35. The molecule has 7 heteroatoms. The summed E-state index contributed by atoms with van der Waals surface area (Å²) < 4.78 is 14.7. The van der Waals surface area contributed by atoms with Gasteiger partial charge in [-0.15, -0.1) is 0 Å². The van der Waals surface area contributed by atoms with Crippen LogP contribution in [-0.2, 0) is 9.53 Å². The number of hydrogen-bond acceptors (Lipinski definition) is 5. The highest BCUT2D eigenvalue weighted by atomic mass is 79.9. The van der Waals surface area contributed by atoms with Crippen LogP contribution in [-0.4, -0.2) is 28.7 Å². The van der Waals surface area contributed by atoms with Crippen LogP contribution in [0.5, 0.6) is 5.75 Å². The predicted molar refractivity (Wildman–Crippen MR) is 128 cm³/mol. The van der Waals surface area contributed by atoms with Crippen molar-refractivity contribution in [2.75, 3.05) is 12.4 Å². The van der Waals surface area contributed by atoms with E-state index < -0.39 is 6.04 Å². The number of aromatic nitrogens is 2. The number of para-hydroxylation sites is 2. The number of nitrogens with one attached hydrogen (secondary N) is 1. The highest BCUT2D eigenvalue weighted by Crippen LogP contribution is 2.43. The van der Waals surface area contributed by atoms with E-state index in [0.29, 0.717) is 17.3 Å². The van der Waals surface area contributed by atoms with Gasteiger partial charge in [-0.05, 0) is 62.9 Å². The number of nitrogens with zero attached hydrogens (tertiary/aromatic N) is 2. The van der Waals surface area contributed by atoms with E-state index in [1.165, 1.54) is 6.42 Å². The lowest BCUT2D eigenvalue weighted by atomic mass is 9.93. The van der Waals surface area contributed by atoms with Crippen molar-refractivity contribution in [2.24, 2.45) is 0 Å². The Bertz CT molecular complexity index is 1210. The molecule has 32 heavy (non-hydrogen) atoms.